The summed E-state index contributed by atoms with van der Waals surface area (Å²) in [6, 6.07) is 25.4. The van der Waals surface area contributed by atoms with Gasteiger partial charge in [-0.25, -0.2) is 0 Å². The second-order valence-corrected chi connectivity index (χ2v) is 9.92. The Kier molecular flexibility index (Phi) is 7.93. The highest BCUT2D eigenvalue weighted by Gasteiger charge is 2.54. The zero-order valence-corrected chi connectivity index (χ0v) is 22.0. The molecule has 0 unspecified atom stereocenters. The van der Waals surface area contributed by atoms with Crippen molar-refractivity contribution in [3.05, 3.63) is 102 Å². The molecule has 3 amide bonds. The van der Waals surface area contributed by atoms with E-state index in [4.69, 9.17) is 9.47 Å². The average Bonchev–Trinajstić information content (AvgIpc) is 3.35. The van der Waals surface area contributed by atoms with Gasteiger partial charge in [0.05, 0.1) is 20.1 Å². The van der Waals surface area contributed by atoms with Gasteiger partial charge in [0.2, 0.25) is 11.8 Å². The van der Waals surface area contributed by atoms with Crippen molar-refractivity contribution in [1.29, 1.82) is 0 Å². The number of rotatable bonds is 7. The number of carbonyl (C=O) groups is 3. The second-order valence-electron chi connectivity index (χ2n) is 9.92. The molecule has 0 aromatic heterocycles. The Balaban J connectivity index is 1.33. The molecule has 2 fully saturated rings. The minimum absolute atomic E-state index is 0.0410. The number of likely N-dealkylation sites (tertiary alicyclic amines) is 1. The Morgan fingerprint density at radius 1 is 0.897 bits per heavy atom. The van der Waals surface area contributed by atoms with Gasteiger partial charge in [0, 0.05) is 38.0 Å². The van der Waals surface area contributed by atoms with E-state index < -0.39 is 11.8 Å². The Labute approximate surface area is 228 Å². The van der Waals surface area contributed by atoms with Crippen LogP contribution in [0.4, 0.5) is 0 Å². The van der Waals surface area contributed by atoms with Crippen molar-refractivity contribution in [2.45, 2.75) is 37.6 Å². The molecule has 3 aromatic rings. The van der Waals surface area contributed by atoms with Gasteiger partial charge >= 0.3 is 0 Å². The van der Waals surface area contributed by atoms with E-state index in [1.165, 1.54) is 0 Å². The maximum Gasteiger partial charge on any atom is 0.256 e. The smallest absolute Gasteiger partial charge is 0.256 e. The van der Waals surface area contributed by atoms with Gasteiger partial charge in [-0.1, -0.05) is 60.7 Å². The lowest BCUT2D eigenvalue weighted by Gasteiger charge is -2.44. The molecule has 0 saturated carbocycles. The summed E-state index contributed by atoms with van der Waals surface area (Å²) in [6.07, 6.45) is 1.18. The van der Waals surface area contributed by atoms with Gasteiger partial charge in [0.15, 0.2) is 0 Å². The van der Waals surface area contributed by atoms with Crippen LogP contribution < -0.4 is 10.1 Å². The van der Waals surface area contributed by atoms with Crippen molar-refractivity contribution < 1.29 is 23.9 Å². The van der Waals surface area contributed by atoms with Gasteiger partial charge in [-0.2, -0.15) is 0 Å². The zero-order chi connectivity index (χ0) is 27.2. The summed E-state index contributed by atoms with van der Waals surface area (Å²) in [5.41, 5.74) is 1.42. The molecule has 8 heteroatoms. The Hall–Kier alpha value is -4.17. The summed E-state index contributed by atoms with van der Waals surface area (Å²) in [5, 5.41) is 2.97. The Morgan fingerprint density at radius 3 is 2.13 bits per heavy atom. The SMILES string of the molecule is COc1ccc(C(=O)N2[C@@H](C(=O)NCc3ccccc3)COC23CCN(C(=O)Cc2ccccc2)CC3)cc1. The minimum Gasteiger partial charge on any atom is -0.497 e. The molecule has 1 atom stereocenters. The second kappa shape index (κ2) is 11.7. The topological polar surface area (TPSA) is 88.2 Å². The van der Waals surface area contributed by atoms with E-state index in [0.717, 1.165) is 11.1 Å². The average molecular weight is 528 g/mol. The highest BCUT2D eigenvalue weighted by atomic mass is 16.5. The van der Waals surface area contributed by atoms with Crippen molar-refractivity contribution in [2.24, 2.45) is 0 Å². The van der Waals surface area contributed by atoms with E-state index in [-0.39, 0.29) is 24.3 Å². The maximum absolute atomic E-state index is 13.9. The van der Waals surface area contributed by atoms with Crippen molar-refractivity contribution >= 4 is 17.7 Å². The number of hydrogen-bond donors (Lipinski definition) is 1. The molecule has 8 nitrogen and oxygen atoms in total. The number of nitrogens with one attached hydrogen (secondary N) is 1. The largest absolute Gasteiger partial charge is 0.497 e. The van der Waals surface area contributed by atoms with Gasteiger partial charge in [-0.05, 0) is 35.4 Å². The molecule has 39 heavy (non-hydrogen) atoms. The molecule has 1 N–H and O–H groups in total. The van der Waals surface area contributed by atoms with E-state index in [1.807, 2.05) is 65.6 Å². The molecule has 2 aliphatic rings. The molecule has 2 heterocycles. The minimum atomic E-state index is -0.963. The number of nitrogens with zero attached hydrogens (tertiary/aromatic N) is 2. The number of piperidine rings is 1. The summed E-state index contributed by atoms with van der Waals surface area (Å²) < 4.78 is 11.5. The number of amides is 3. The first kappa shape index (κ1) is 26.4. The van der Waals surface area contributed by atoms with E-state index in [0.29, 0.717) is 50.2 Å². The van der Waals surface area contributed by atoms with Crippen LogP contribution in [0, 0.1) is 0 Å². The van der Waals surface area contributed by atoms with Crippen LogP contribution in [0.3, 0.4) is 0 Å². The maximum atomic E-state index is 13.9. The van der Waals surface area contributed by atoms with Crippen molar-refractivity contribution in [1.82, 2.24) is 15.1 Å². The van der Waals surface area contributed by atoms with Gasteiger partial charge in [-0.15, -0.1) is 0 Å². The molecule has 0 aliphatic carbocycles. The molecule has 5 rings (SSSR count). The third-order valence-corrected chi connectivity index (χ3v) is 7.52. The third kappa shape index (κ3) is 5.81. The van der Waals surface area contributed by atoms with Crippen molar-refractivity contribution in [2.75, 3.05) is 26.8 Å². The predicted molar refractivity (Wildman–Crippen MR) is 146 cm³/mol. The lowest BCUT2D eigenvalue weighted by molar-refractivity contribution is -0.143. The monoisotopic (exact) mass is 527 g/mol. The van der Waals surface area contributed by atoms with Crippen LogP contribution in [0.1, 0.15) is 34.3 Å². The number of methoxy groups -OCH3 is 1. The van der Waals surface area contributed by atoms with Crippen LogP contribution in [-0.4, -0.2) is 66.1 Å². The van der Waals surface area contributed by atoms with Crippen molar-refractivity contribution in [3.8, 4) is 5.75 Å². The zero-order valence-electron chi connectivity index (χ0n) is 22.0. The van der Waals surface area contributed by atoms with Crippen LogP contribution in [0.2, 0.25) is 0 Å². The number of carbonyl (C=O) groups excluding carboxylic acids is 3. The van der Waals surface area contributed by atoms with Crippen LogP contribution in [0.5, 0.6) is 5.75 Å². The van der Waals surface area contributed by atoms with Crippen molar-refractivity contribution in [3.63, 3.8) is 0 Å². The van der Waals surface area contributed by atoms with Gasteiger partial charge < -0.3 is 19.7 Å². The predicted octanol–water partition coefficient (Wildman–Crippen LogP) is 3.41. The highest BCUT2D eigenvalue weighted by molar-refractivity contribution is 5.98. The van der Waals surface area contributed by atoms with Gasteiger partial charge in [-0.3, -0.25) is 19.3 Å². The van der Waals surface area contributed by atoms with E-state index >= 15 is 0 Å². The molecule has 202 valence electrons. The summed E-state index contributed by atoms with van der Waals surface area (Å²) in [7, 11) is 1.57. The van der Waals surface area contributed by atoms with Crippen LogP contribution in [0.25, 0.3) is 0 Å². The van der Waals surface area contributed by atoms with E-state index in [1.54, 1.807) is 36.3 Å². The lowest BCUT2D eigenvalue weighted by Crippen LogP contribution is -2.59. The highest BCUT2D eigenvalue weighted by Crippen LogP contribution is 2.39. The molecular formula is C31H33N3O5. The van der Waals surface area contributed by atoms with Crippen LogP contribution in [-0.2, 0) is 27.3 Å². The Morgan fingerprint density at radius 2 is 1.51 bits per heavy atom. The third-order valence-electron chi connectivity index (χ3n) is 7.52. The van der Waals surface area contributed by atoms with Gasteiger partial charge in [0.25, 0.3) is 5.91 Å². The standard InChI is InChI=1S/C31H33N3O5/c1-38-26-14-12-25(13-15-26)30(37)34-27(29(36)32-21-24-10-6-3-7-11-24)22-39-31(34)16-18-33(19-17-31)28(35)20-23-8-4-2-5-9-23/h2-15,27H,16-22H2,1H3,(H,32,36)/t27-/m1/s1. The first-order valence-electron chi connectivity index (χ1n) is 13.2. The van der Waals surface area contributed by atoms with E-state index in [2.05, 4.69) is 5.32 Å². The summed E-state index contributed by atoms with van der Waals surface area (Å²) in [5.74, 6) is 0.139. The van der Waals surface area contributed by atoms with Crippen LogP contribution >= 0.6 is 0 Å². The lowest BCUT2D eigenvalue weighted by atomic mass is 9.96. The van der Waals surface area contributed by atoms with Crippen LogP contribution in [0.15, 0.2) is 84.9 Å². The van der Waals surface area contributed by atoms with E-state index in [9.17, 15) is 14.4 Å². The first-order valence-corrected chi connectivity index (χ1v) is 13.2. The summed E-state index contributed by atoms with van der Waals surface area (Å²) >= 11 is 0. The molecule has 1 spiro atoms. The normalized spacial score (nSPS) is 18.1. The number of benzene rings is 3. The summed E-state index contributed by atoms with van der Waals surface area (Å²) in [6.45, 7) is 1.34. The Bertz CT molecular complexity index is 1290. The van der Waals surface area contributed by atoms with Gasteiger partial charge in [0.1, 0.15) is 17.5 Å². The molecular weight excluding hydrogens is 494 g/mol. The fourth-order valence-corrected chi connectivity index (χ4v) is 5.33. The fraction of sp³-hybridized carbons (Fsp3) is 0.323. The molecule has 0 radical (unpaired) electrons. The quantitative estimate of drug-likeness (QED) is 0.509. The first-order chi connectivity index (χ1) is 19.0. The molecule has 0 bridgehead atoms. The summed E-state index contributed by atoms with van der Waals surface area (Å²) in [4.78, 5) is 43.7. The number of hydrogen-bond acceptors (Lipinski definition) is 5. The molecule has 2 aliphatic heterocycles. The molecule has 3 aromatic carbocycles. The fourth-order valence-electron chi connectivity index (χ4n) is 5.33. The molecule has 2 saturated heterocycles. The number of ether oxygens (including phenoxy) is 2.